The van der Waals surface area contributed by atoms with Gasteiger partial charge in [0.1, 0.15) is 11.2 Å². The number of para-hydroxylation sites is 2. The van der Waals surface area contributed by atoms with Gasteiger partial charge in [0.25, 0.3) is 0 Å². The average Bonchev–Trinajstić information content (AvgIpc) is 3.55. The zero-order valence-electron chi connectivity index (χ0n) is 27.3. The third-order valence-electron chi connectivity index (χ3n) is 10.0. The summed E-state index contributed by atoms with van der Waals surface area (Å²) >= 11 is 0. The van der Waals surface area contributed by atoms with E-state index < -0.39 is 0 Å². The van der Waals surface area contributed by atoms with Crippen molar-refractivity contribution in [1.82, 2.24) is 0 Å². The highest BCUT2D eigenvalue weighted by atomic mass is 16.3. The summed E-state index contributed by atoms with van der Waals surface area (Å²) in [5.41, 5.74) is 10.1. The first-order valence-corrected chi connectivity index (χ1v) is 17.1. The molecule has 0 fully saturated rings. The quantitative estimate of drug-likeness (QED) is 0.175. The van der Waals surface area contributed by atoms with Crippen LogP contribution in [0.25, 0.3) is 76.5 Å². The SMILES string of the molecule is c1ccc(-c2cccc3c(-c4ccc(N(c5ccccc5)c5ccc6ccc7cc8oc9ccccc9c8cc7c6c5)cc4)cccc23)cc1. The van der Waals surface area contributed by atoms with E-state index in [0.717, 1.165) is 39.0 Å². The van der Waals surface area contributed by atoms with E-state index in [0.29, 0.717) is 0 Å². The van der Waals surface area contributed by atoms with Crippen molar-refractivity contribution in [2.75, 3.05) is 4.90 Å². The number of fused-ring (bicyclic) bond motifs is 7. The third-order valence-corrected chi connectivity index (χ3v) is 10.0. The van der Waals surface area contributed by atoms with Gasteiger partial charge in [-0.25, -0.2) is 0 Å². The van der Waals surface area contributed by atoms with Crippen molar-refractivity contribution in [3.8, 4) is 22.3 Å². The van der Waals surface area contributed by atoms with Crippen LogP contribution >= 0.6 is 0 Å². The molecule has 0 saturated carbocycles. The minimum atomic E-state index is 0.918. The van der Waals surface area contributed by atoms with Gasteiger partial charge in [0.05, 0.1) is 0 Å². The van der Waals surface area contributed by atoms with Gasteiger partial charge in [0.2, 0.25) is 0 Å². The summed E-state index contributed by atoms with van der Waals surface area (Å²) in [4.78, 5) is 2.35. The molecule has 0 aliphatic heterocycles. The highest BCUT2D eigenvalue weighted by molar-refractivity contribution is 6.17. The highest BCUT2D eigenvalue weighted by Crippen LogP contribution is 2.41. The van der Waals surface area contributed by atoms with Gasteiger partial charge >= 0.3 is 0 Å². The number of nitrogens with zero attached hydrogens (tertiary/aromatic N) is 1. The van der Waals surface area contributed by atoms with E-state index in [-0.39, 0.29) is 0 Å². The van der Waals surface area contributed by atoms with Crippen LogP contribution in [0.5, 0.6) is 0 Å². The second-order valence-electron chi connectivity index (χ2n) is 12.9. The van der Waals surface area contributed by atoms with Gasteiger partial charge in [-0.3, -0.25) is 0 Å². The van der Waals surface area contributed by atoms with Crippen LogP contribution in [0.1, 0.15) is 0 Å². The fourth-order valence-electron chi connectivity index (χ4n) is 7.65. The summed E-state index contributed by atoms with van der Waals surface area (Å²) in [5.74, 6) is 0. The fraction of sp³-hybridized carbons (Fsp3) is 0. The first kappa shape index (κ1) is 28.4. The van der Waals surface area contributed by atoms with Gasteiger partial charge in [-0.1, -0.05) is 133 Å². The first-order valence-electron chi connectivity index (χ1n) is 17.1. The Bertz CT molecular complexity index is 2850. The summed E-state index contributed by atoms with van der Waals surface area (Å²) in [6.07, 6.45) is 0. The number of benzene rings is 9. The molecule has 0 saturated heterocycles. The van der Waals surface area contributed by atoms with Gasteiger partial charge in [-0.2, -0.15) is 0 Å². The summed E-state index contributed by atoms with van der Waals surface area (Å²) < 4.78 is 6.23. The molecule has 0 aliphatic rings. The maximum absolute atomic E-state index is 6.23. The Kier molecular flexibility index (Phi) is 6.53. The second kappa shape index (κ2) is 11.5. The molecule has 0 N–H and O–H groups in total. The molecule has 0 unspecified atom stereocenters. The molecule has 0 atom stereocenters. The van der Waals surface area contributed by atoms with Crippen LogP contribution in [0.4, 0.5) is 17.1 Å². The van der Waals surface area contributed by atoms with Gasteiger partial charge < -0.3 is 9.32 Å². The molecule has 0 amide bonds. The van der Waals surface area contributed by atoms with Gasteiger partial charge in [-0.05, 0) is 109 Å². The molecule has 10 aromatic rings. The molecule has 2 heteroatoms. The highest BCUT2D eigenvalue weighted by Gasteiger charge is 2.16. The molecule has 9 aromatic carbocycles. The molecular weight excluding hydrogens is 607 g/mol. The monoisotopic (exact) mass is 637 g/mol. The number of hydrogen-bond acceptors (Lipinski definition) is 2. The lowest BCUT2D eigenvalue weighted by Crippen LogP contribution is -2.09. The lowest BCUT2D eigenvalue weighted by Gasteiger charge is -2.26. The van der Waals surface area contributed by atoms with Crippen molar-refractivity contribution in [3.05, 3.63) is 188 Å². The Morgan fingerprint density at radius 3 is 1.62 bits per heavy atom. The normalized spacial score (nSPS) is 11.6. The first-order chi connectivity index (χ1) is 24.8. The van der Waals surface area contributed by atoms with Crippen LogP contribution in [0.3, 0.4) is 0 Å². The van der Waals surface area contributed by atoms with Crippen molar-refractivity contribution >= 4 is 71.3 Å². The molecule has 0 radical (unpaired) electrons. The van der Waals surface area contributed by atoms with Crippen LogP contribution < -0.4 is 4.90 Å². The molecule has 234 valence electrons. The Labute approximate surface area is 290 Å². The Hall–Kier alpha value is -6.64. The lowest BCUT2D eigenvalue weighted by atomic mass is 9.93. The van der Waals surface area contributed by atoms with E-state index in [4.69, 9.17) is 4.42 Å². The predicted molar refractivity (Wildman–Crippen MR) is 212 cm³/mol. The molecule has 1 aromatic heterocycles. The molecule has 0 spiro atoms. The number of anilines is 3. The van der Waals surface area contributed by atoms with E-state index >= 15 is 0 Å². The van der Waals surface area contributed by atoms with Crippen LogP contribution in [-0.2, 0) is 0 Å². The molecule has 0 bridgehead atoms. The van der Waals surface area contributed by atoms with E-state index in [1.807, 2.05) is 12.1 Å². The topological polar surface area (TPSA) is 16.4 Å². The van der Waals surface area contributed by atoms with Gasteiger partial charge in [-0.15, -0.1) is 0 Å². The molecule has 2 nitrogen and oxygen atoms in total. The summed E-state index contributed by atoms with van der Waals surface area (Å²) in [6.45, 7) is 0. The summed E-state index contributed by atoms with van der Waals surface area (Å²) in [6, 6.07) is 67.6. The third kappa shape index (κ3) is 4.65. The lowest BCUT2D eigenvalue weighted by molar-refractivity contribution is 0.669. The zero-order chi connectivity index (χ0) is 33.0. The minimum absolute atomic E-state index is 0.918. The van der Waals surface area contributed by atoms with Crippen molar-refractivity contribution in [2.45, 2.75) is 0 Å². The van der Waals surface area contributed by atoms with Gasteiger partial charge in [0, 0.05) is 27.8 Å². The van der Waals surface area contributed by atoms with E-state index in [2.05, 4.69) is 181 Å². The maximum Gasteiger partial charge on any atom is 0.136 e. The standard InChI is InChI=1S/C48H31NO/c1-3-11-32(12-4-1)39-16-9-19-42-40(17-10-18-41(39)42)33-23-26-37(27-24-33)49(36-13-5-2-6-14-36)38-28-25-34-21-22-35-29-48-46(31-45(35)44(34)30-38)43-15-7-8-20-47(43)50-48/h1-31H. The van der Waals surface area contributed by atoms with E-state index in [9.17, 15) is 0 Å². The Morgan fingerprint density at radius 2 is 0.860 bits per heavy atom. The number of hydrogen-bond donors (Lipinski definition) is 0. The van der Waals surface area contributed by atoms with E-state index in [1.54, 1.807) is 0 Å². The molecule has 50 heavy (non-hydrogen) atoms. The van der Waals surface area contributed by atoms with Crippen molar-refractivity contribution < 1.29 is 4.42 Å². The number of furan rings is 1. The molecule has 0 aliphatic carbocycles. The summed E-state index contributed by atoms with van der Waals surface area (Å²) in [5, 5.41) is 9.62. The van der Waals surface area contributed by atoms with Crippen LogP contribution in [-0.4, -0.2) is 0 Å². The average molecular weight is 638 g/mol. The van der Waals surface area contributed by atoms with Crippen molar-refractivity contribution in [2.24, 2.45) is 0 Å². The zero-order valence-corrected chi connectivity index (χ0v) is 27.3. The molecule has 1 heterocycles. The molecular formula is C48H31NO. The van der Waals surface area contributed by atoms with Crippen LogP contribution in [0.2, 0.25) is 0 Å². The van der Waals surface area contributed by atoms with Crippen LogP contribution in [0, 0.1) is 0 Å². The molecule has 10 rings (SSSR count). The maximum atomic E-state index is 6.23. The number of rotatable bonds is 5. The predicted octanol–water partition coefficient (Wildman–Crippen LogP) is 13.8. The summed E-state index contributed by atoms with van der Waals surface area (Å²) in [7, 11) is 0. The smallest absolute Gasteiger partial charge is 0.136 e. The van der Waals surface area contributed by atoms with Crippen molar-refractivity contribution in [1.29, 1.82) is 0 Å². The Morgan fingerprint density at radius 1 is 0.300 bits per heavy atom. The Balaban J connectivity index is 1.10. The fourth-order valence-corrected chi connectivity index (χ4v) is 7.65. The van der Waals surface area contributed by atoms with E-state index in [1.165, 1.54) is 54.6 Å². The second-order valence-corrected chi connectivity index (χ2v) is 12.9. The largest absolute Gasteiger partial charge is 0.456 e. The minimum Gasteiger partial charge on any atom is -0.456 e. The van der Waals surface area contributed by atoms with Crippen LogP contribution in [0.15, 0.2) is 192 Å². The van der Waals surface area contributed by atoms with Crippen molar-refractivity contribution in [3.63, 3.8) is 0 Å². The van der Waals surface area contributed by atoms with Gasteiger partial charge in [0.15, 0.2) is 0 Å².